The van der Waals surface area contributed by atoms with Gasteiger partial charge in [0.2, 0.25) is 0 Å². The van der Waals surface area contributed by atoms with Gasteiger partial charge in [0.1, 0.15) is 0 Å². The number of esters is 1. The second-order valence-electron chi connectivity index (χ2n) is 5.46. The van der Waals surface area contributed by atoms with Crippen molar-refractivity contribution >= 4 is 5.97 Å². The van der Waals surface area contributed by atoms with Crippen LogP contribution in [0.3, 0.4) is 0 Å². The Hall–Kier alpha value is -1.49. The van der Waals surface area contributed by atoms with Crippen LogP contribution >= 0.6 is 0 Å². The fourth-order valence-corrected chi connectivity index (χ4v) is 2.88. The van der Waals surface area contributed by atoms with Crippen LogP contribution in [0, 0.1) is 6.92 Å². The molecule has 110 valence electrons. The van der Waals surface area contributed by atoms with Crippen molar-refractivity contribution in [3.63, 3.8) is 0 Å². The molecule has 1 heterocycles. The average Bonchev–Trinajstić information content (AvgIpc) is 2.92. The molecule has 1 N–H and O–H groups in total. The number of carbonyl (C=O) groups excluding carboxylic acids is 1. The Kier molecular flexibility index (Phi) is 4.70. The van der Waals surface area contributed by atoms with Crippen LogP contribution in [0.5, 0.6) is 0 Å². The van der Waals surface area contributed by atoms with Crippen molar-refractivity contribution < 1.29 is 9.53 Å². The number of nitrogens with one attached hydrogen (secondary N) is 1. The fourth-order valence-electron chi connectivity index (χ4n) is 2.88. The lowest BCUT2D eigenvalue weighted by molar-refractivity contribution is -0.151. The maximum absolute atomic E-state index is 12.5. The highest BCUT2D eigenvalue weighted by Crippen LogP contribution is 2.27. The van der Waals surface area contributed by atoms with Crippen molar-refractivity contribution in [1.82, 2.24) is 15.3 Å². The first kappa shape index (κ1) is 14.9. The van der Waals surface area contributed by atoms with Gasteiger partial charge in [-0.2, -0.15) is 0 Å². The highest BCUT2D eigenvalue weighted by atomic mass is 16.5. The van der Waals surface area contributed by atoms with Crippen LogP contribution in [-0.4, -0.2) is 28.6 Å². The lowest BCUT2D eigenvalue weighted by atomic mass is 9.94. The Labute approximate surface area is 120 Å². The Balaban J connectivity index is 2.32. The third-order valence-electron chi connectivity index (χ3n) is 3.89. The summed E-state index contributed by atoms with van der Waals surface area (Å²) in [6, 6.07) is 0.339. The number of hydrogen-bond donors (Lipinski definition) is 1. The quantitative estimate of drug-likeness (QED) is 0.835. The lowest BCUT2D eigenvalue weighted by Gasteiger charge is -2.31. The fraction of sp³-hybridized carbons (Fsp3) is 0.667. The summed E-state index contributed by atoms with van der Waals surface area (Å²) in [5.74, 6) is -0.282. The van der Waals surface area contributed by atoms with Crippen LogP contribution in [-0.2, 0) is 15.1 Å². The molecular weight excluding hydrogens is 254 g/mol. The molecule has 1 atom stereocenters. The van der Waals surface area contributed by atoms with Crippen molar-refractivity contribution in [2.24, 2.45) is 0 Å². The summed E-state index contributed by atoms with van der Waals surface area (Å²) in [7, 11) is 0. The molecule has 1 aromatic rings. The van der Waals surface area contributed by atoms with Gasteiger partial charge in [0, 0.05) is 18.4 Å². The molecule has 20 heavy (non-hydrogen) atoms. The van der Waals surface area contributed by atoms with Gasteiger partial charge in [-0.25, -0.2) is 4.79 Å². The molecule has 0 aromatic carbocycles. The van der Waals surface area contributed by atoms with Crippen molar-refractivity contribution in [2.45, 2.75) is 58.0 Å². The molecule has 0 bridgehead atoms. The van der Waals surface area contributed by atoms with E-state index in [4.69, 9.17) is 4.74 Å². The average molecular weight is 277 g/mol. The SMILES string of the molecule is CCOC(=O)C(C)(NC1CCCC1)c1nccnc1C. The Morgan fingerprint density at radius 2 is 2.05 bits per heavy atom. The number of ether oxygens (including phenoxy) is 1. The summed E-state index contributed by atoms with van der Waals surface area (Å²) in [6.07, 6.45) is 7.85. The molecule has 0 saturated heterocycles. The van der Waals surface area contributed by atoms with E-state index in [9.17, 15) is 4.79 Å². The van der Waals surface area contributed by atoms with E-state index in [1.54, 1.807) is 12.4 Å². The Morgan fingerprint density at radius 1 is 1.40 bits per heavy atom. The van der Waals surface area contributed by atoms with E-state index in [2.05, 4.69) is 15.3 Å². The minimum Gasteiger partial charge on any atom is -0.464 e. The summed E-state index contributed by atoms with van der Waals surface area (Å²) in [6.45, 7) is 5.90. The van der Waals surface area contributed by atoms with Gasteiger partial charge >= 0.3 is 5.97 Å². The summed E-state index contributed by atoms with van der Waals surface area (Å²) < 4.78 is 5.26. The van der Waals surface area contributed by atoms with E-state index < -0.39 is 5.54 Å². The molecule has 0 radical (unpaired) electrons. The van der Waals surface area contributed by atoms with E-state index in [1.807, 2.05) is 20.8 Å². The molecule has 5 nitrogen and oxygen atoms in total. The molecule has 1 saturated carbocycles. The first-order chi connectivity index (χ1) is 9.58. The van der Waals surface area contributed by atoms with Crippen LogP contribution in [0.15, 0.2) is 12.4 Å². The van der Waals surface area contributed by atoms with Gasteiger partial charge in [-0.3, -0.25) is 15.3 Å². The third kappa shape index (κ3) is 2.98. The molecular formula is C15H23N3O2. The van der Waals surface area contributed by atoms with Crippen molar-refractivity contribution in [2.75, 3.05) is 6.61 Å². The van der Waals surface area contributed by atoms with E-state index in [1.165, 1.54) is 12.8 Å². The summed E-state index contributed by atoms with van der Waals surface area (Å²) >= 11 is 0. The molecule has 1 unspecified atom stereocenters. The van der Waals surface area contributed by atoms with Gasteiger partial charge in [0.25, 0.3) is 0 Å². The van der Waals surface area contributed by atoms with Crippen LogP contribution in [0.25, 0.3) is 0 Å². The van der Waals surface area contributed by atoms with E-state index >= 15 is 0 Å². The van der Waals surface area contributed by atoms with Gasteiger partial charge in [-0.1, -0.05) is 12.8 Å². The second-order valence-corrected chi connectivity index (χ2v) is 5.46. The minimum absolute atomic E-state index is 0.282. The number of carbonyl (C=O) groups is 1. The second kappa shape index (κ2) is 6.31. The van der Waals surface area contributed by atoms with Gasteiger partial charge in [0.05, 0.1) is 18.0 Å². The predicted octanol–water partition coefficient (Wildman–Crippen LogP) is 2.10. The molecule has 1 fully saturated rings. The first-order valence-electron chi connectivity index (χ1n) is 7.31. The minimum atomic E-state index is -0.927. The predicted molar refractivity (Wildman–Crippen MR) is 76.1 cm³/mol. The number of aromatic nitrogens is 2. The third-order valence-corrected chi connectivity index (χ3v) is 3.89. The summed E-state index contributed by atoms with van der Waals surface area (Å²) in [4.78, 5) is 21.1. The summed E-state index contributed by atoms with van der Waals surface area (Å²) in [5, 5.41) is 3.46. The highest BCUT2D eigenvalue weighted by molar-refractivity contribution is 5.82. The molecule has 0 spiro atoms. The van der Waals surface area contributed by atoms with Crippen molar-refractivity contribution in [1.29, 1.82) is 0 Å². The van der Waals surface area contributed by atoms with Crippen molar-refractivity contribution in [3.8, 4) is 0 Å². The number of hydrogen-bond acceptors (Lipinski definition) is 5. The zero-order chi connectivity index (χ0) is 14.6. The normalized spacial score (nSPS) is 18.8. The topological polar surface area (TPSA) is 64.1 Å². The van der Waals surface area contributed by atoms with Crippen LogP contribution in [0.1, 0.15) is 50.9 Å². The monoisotopic (exact) mass is 277 g/mol. The van der Waals surface area contributed by atoms with Crippen LogP contribution in [0.4, 0.5) is 0 Å². The van der Waals surface area contributed by atoms with Crippen LogP contribution in [0.2, 0.25) is 0 Å². The largest absolute Gasteiger partial charge is 0.464 e. The molecule has 1 aliphatic carbocycles. The maximum Gasteiger partial charge on any atom is 0.332 e. The highest BCUT2D eigenvalue weighted by Gasteiger charge is 2.41. The van der Waals surface area contributed by atoms with Gasteiger partial charge in [0.15, 0.2) is 5.54 Å². The lowest BCUT2D eigenvalue weighted by Crippen LogP contribution is -2.52. The molecule has 1 aromatic heterocycles. The Bertz CT molecular complexity index is 472. The van der Waals surface area contributed by atoms with E-state index in [0.29, 0.717) is 18.3 Å². The molecule has 0 aliphatic heterocycles. The molecule has 0 amide bonds. The van der Waals surface area contributed by atoms with E-state index in [0.717, 1.165) is 18.5 Å². The zero-order valence-corrected chi connectivity index (χ0v) is 12.5. The molecule has 2 rings (SSSR count). The van der Waals surface area contributed by atoms with Gasteiger partial charge in [-0.05, 0) is 33.6 Å². The maximum atomic E-state index is 12.5. The number of rotatable bonds is 5. The smallest absolute Gasteiger partial charge is 0.332 e. The number of nitrogens with zero attached hydrogens (tertiary/aromatic N) is 2. The summed E-state index contributed by atoms with van der Waals surface area (Å²) in [5.41, 5.74) is 0.488. The zero-order valence-electron chi connectivity index (χ0n) is 12.5. The molecule has 1 aliphatic rings. The van der Waals surface area contributed by atoms with Crippen molar-refractivity contribution in [3.05, 3.63) is 23.8 Å². The standard InChI is InChI=1S/C15H23N3O2/c1-4-20-14(19)15(3,18-12-7-5-6-8-12)13-11(2)16-9-10-17-13/h9-10,12,18H,4-8H2,1-3H3. The first-order valence-corrected chi connectivity index (χ1v) is 7.31. The van der Waals surface area contributed by atoms with E-state index in [-0.39, 0.29) is 5.97 Å². The molecule has 5 heteroatoms. The van der Waals surface area contributed by atoms with Gasteiger partial charge in [-0.15, -0.1) is 0 Å². The Morgan fingerprint density at radius 3 is 2.65 bits per heavy atom. The van der Waals surface area contributed by atoms with Gasteiger partial charge < -0.3 is 4.74 Å². The van der Waals surface area contributed by atoms with Crippen LogP contribution < -0.4 is 5.32 Å². The number of aryl methyl sites for hydroxylation is 1.